The van der Waals surface area contributed by atoms with Crippen molar-refractivity contribution >= 4 is 39.4 Å². The molecule has 1 unspecified atom stereocenters. The fourth-order valence-electron chi connectivity index (χ4n) is 10.3. The van der Waals surface area contributed by atoms with Crippen molar-refractivity contribution in [2.45, 2.75) is 159 Å². The number of nitrogens with one attached hydrogen (secondary N) is 4. The van der Waals surface area contributed by atoms with Gasteiger partial charge in [-0.2, -0.15) is 0 Å². The Morgan fingerprint density at radius 1 is 0.870 bits per heavy atom. The van der Waals surface area contributed by atoms with Gasteiger partial charge in [0.1, 0.15) is 6.04 Å². The predicted molar refractivity (Wildman–Crippen MR) is 207 cm³/mol. The van der Waals surface area contributed by atoms with Crippen LogP contribution in [0.2, 0.25) is 0 Å². The molecule has 0 aromatic carbocycles. The van der Waals surface area contributed by atoms with Crippen LogP contribution in [0.4, 0.5) is 4.79 Å². The van der Waals surface area contributed by atoms with Gasteiger partial charge in [0.2, 0.25) is 17.6 Å². The molecule has 1 saturated heterocycles. The SMILES string of the molecule is C=CCNC(=O)C(=O)C(CC1CC1)NC(=O)[C@@H]1[C@H]2CCC3(CC3)[C@H]2CN1C(=O)CC1(CNC(=O)NC2(CS(=O)(=O)C(C)(C)C)CCCCC2)CCCCC1. The average Bonchev–Trinajstić information content (AvgIpc) is 4.03. The molecule has 0 aromatic heterocycles. The van der Waals surface area contributed by atoms with Gasteiger partial charge < -0.3 is 26.2 Å². The van der Waals surface area contributed by atoms with Crippen molar-refractivity contribution < 1.29 is 32.4 Å². The van der Waals surface area contributed by atoms with Gasteiger partial charge in [-0.1, -0.05) is 57.4 Å². The lowest BCUT2D eigenvalue weighted by molar-refractivity contribution is -0.144. The molecular weight excluding hydrogens is 707 g/mol. The Hall–Kier alpha value is -2.96. The summed E-state index contributed by atoms with van der Waals surface area (Å²) >= 11 is 0. The molecule has 0 radical (unpaired) electrons. The Kier molecular flexibility index (Phi) is 12.0. The molecule has 1 aliphatic heterocycles. The van der Waals surface area contributed by atoms with Gasteiger partial charge in [-0.3, -0.25) is 19.2 Å². The van der Waals surface area contributed by atoms with Crippen molar-refractivity contribution in [3.05, 3.63) is 12.7 Å². The summed E-state index contributed by atoms with van der Waals surface area (Å²) in [6.07, 6.45) is 16.5. The highest BCUT2D eigenvalue weighted by molar-refractivity contribution is 7.92. The standard InChI is InChI=1S/C41H65N5O7S/c1-5-22-42-36(50)34(48)31(23-28-12-13-28)44-35(49)33-29-14-19-40(20-21-40)30(29)25-46(33)32(47)24-39(15-8-6-9-16-39)26-43-37(51)45-41(17-10-7-11-18-41)27-54(52,53)38(2,3)4/h5,28-31,33H,1,6-27H2,2-4H3,(H,42,50)(H,44,49)(H2,43,45,51)/t29-,30-,31?,33-/m0/s1. The van der Waals surface area contributed by atoms with Gasteiger partial charge in [0, 0.05) is 26.1 Å². The van der Waals surface area contributed by atoms with E-state index < -0.39 is 55.3 Å². The van der Waals surface area contributed by atoms with E-state index in [-0.39, 0.29) is 60.2 Å². The van der Waals surface area contributed by atoms with E-state index >= 15 is 0 Å². The van der Waals surface area contributed by atoms with Gasteiger partial charge in [-0.15, -0.1) is 6.58 Å². The van der Waals surface area contributed by atoms with E-state index in [1.807, 2.05) is 0 Å². The highest BCUT2D eigenvalue weighted by atomic mass is 32.2. The first-order valence-corrected chi connectivity index (χ1v) is 22.5. The number of fused-ring (bicyclic) bond motifs is 2. The van der Waals surface area contributed by atoms with Gasteiger partial charge in [-0.05, 0) is 107 Å². The minimum absolute atomic E-state index is 0.00462. The van der Waals surface area contributed by atoms with Gasteiger partial charge >= 0.3 is 6.03 Å². The molecule has 54 heavy (non-hydrogen) atoms. The number of rotatable bonds is 15. The highest BCUT2D eigenvalue weighted by Gasteiger charge is 2.63. The van der Waals surface area contributed by atoms with Crippen molar-refractivity contribution in [2.75, 3.05) is 25.4 Å². The van der Waals surface area contributed by atoms with Crippen molar-refractivity contribution in [1.29, 1.82) is 0 Å². The van der Waals surface area contributed by atoms with Crippen LogP contribution < -0.4 is 21.3 Å². The lowest BCUT2D eigenvalue weighted by atomic mass is 9.71. The minimum atomic E-state index is -3.49. The average molecular weight is 772 g/mol. The second-order valence-electron chi connectivity index (χ2n) is 19.0. The van der Waals surface area contributed by atoms with E-state index in [9.17, 15) is 32.4 Å². The molecule has 1 spiro atoms. The van der Waals surface area contributed by atoms with Crippen LogP contribution in [-0.4, -0.2) is 90.6 Å². The van der Waals surface area contributed by atoms with Crippen LogP contribution in [-0.2, 0) is 29.0 Å². The number of hydrogen-bond acceptors (Lipinski definition) is 7. The molecule has 6 aliphatic rings. The summed E-state index contributed by atoms with van der Waals surface area (Å²) in [7, 11) is -3.49. The number of nitrogens with zero attached hydrogens (tertiary/aromatic N) is 1. The molecule has 0 bridgehead atoms. The minimum Gasteiger partial charge on any atom is -0.346 e. The number of carbonyl (C=O) groups excluding carboxylic acids is 5. The zero-order valence-electron chi connectivity index (χ0n) is 32.9. The van der Waals surface area contributed by atoms with E-state index in [0.29, 0.717) is 25.8 Å². The topological polar surface area (TPSA) is 171 Å². The van der Waals surface area contributed by atoms with Gasteiger partial charge in [-0.25, -0.2) is 13.2 Å². The van der Waals surface area contributed by atoms with Crippen molar-refractivity contribution in [3.8, 4) is 0 Å². The quantitative estimate of drug-likeness (QED) is 0.138. The number of Topliss-reactive ketones (excluding diaryl/α,β-unsaturated/α-hetero) is 1. The first-order valence-electron chi connectivity index (χ1n) is 20.8. The molecule has 5 aliphatic carbocycles. The fourth-order valence-corrected chi connectivity index (χ4v) is 11.8. The Balaban J connectivity index is 1.16. The lowest BCUT2D eigenvalue weighted by Gasteiger charge is -2.41. The van der Waals surface area contributed by atoms with E-state index in [4.69, 9.17) is 0 Å². The molecule has 5 amide bonds. The molecule has 6 fully saturated rings. The van der Waals surface area contributed by atoms with Crippen LogP contribution in [0.1, 0.15) is 136 Å². The van der Waals surface area contributed by atoms with E-state index in [1.54, 1.807) is 25.7 Å². The summed E-state index contributed by atoms with van der Waals surface area (Å²) in [4.78, 5) is 70.4. The van der Waals surface area contributed by atoms with Crippen LogP contribution in [0.15, 0.2) is 12.7 Å². The van der Waals surface area contributed by atoms with E-state index in [2.05, 4.69) is 27.8 Å². The van der Waals surface area contributed by atoms with Crippen LogP contribution in [0, 0.1) is 28.6 Å². The number of amides is 5. The maximum atomic E-state index is 14.6. The van der Waals surface area contributed by atoms with Crippen molar-refractivity contribution in [1.82, 2.24) is 26.2 Å². The van der Waals surface area contributed by atoms with Gasteiger partial charge in [0.05, 0.1) is 22.1 Å². The van der Waals surface area contributed by atoms with Gasteiger partial charge in [0.25, 0.3) is 5.91 Å². The zero-order valence-corrected chi connectivity index (χ0v) is 33.8. The summed E-state index contributed by atoms with van der Waals surface area (Å²) in [6, 6.07) is -2.05. The summed E-state index contributed by atoms with van der Waals surface area (Å²) in [5, 5.41) is 11.7. The molecular formula is C41H65N5O7S. The zero-order chi connectivity index (χ0) is 38.9. The number of hydrogen-bond donors (Lipinski definition) is 4. The smallest absolute Gasteiger partial charge is 0.315 e. The number of urea groups is 1. The molecule has 302 valence electrons. The molecule has 4 N–H and O–H groups in total. The number of ketones is 1. The maximum absolute atomic E-state index is 14.6. The Labute approximate surface area is 322 Å². The van der Waals surface area contributed by atoms with Gasteiger partial charge in [0.15, 0.2) is 9.84 Å². The fraction of sp³-hybridized carbons (Fsp3) is 0.829. The first kappa shape index (κ1) is 40.7. The normalized spacial score (nSPS) is 27.3. The predicted octanol–water partition coefficient (Wildman–Crippen LogP) is 4.72. The Morgan fingerprint density at radius 2 is 1.52 bits per heavy atom. The molecule has 13 heteroatoms. The van der Waals surface area contributed by atoms with E-state index in [0.717, 1.165) is 89.9 Å². The van der Waals surface area contributed by atoms with E-state index in [1.165, 1.54) is 6.08 Å². The Bertz CT molecular complexity index is 1570. The maximum Gasteiger partial charge on any atom is 0.315 e. The first-order chi connectivity index (χ1) is 25.5. The monoisotopic (exact) mass is 771 g/mol. The van der Waals surface area contributed by atoms with Crippen LogP contribution in [0.3, 0.4) is 0 Å². The number of likely N-dealkylation sites (tertiary alicyclic amines) is 1. The third-order valence-electron chi connectivity index (χ3n) is 14.1. The van der Waals surface area contributed by atoms with Crippen molar-refractivity contribution in [3.63, 3.8) is 0 Å². The van der Waals surface area contributed by atoms with Crippen LogP contribution in [0.25, 0.3) is 0 Å². The summed E-state index contributed by atoms with van der Waals surface area (Å²) in [5.41, 5.74) is -1.14. The molecule has 6 rings (SSSR count). The molecule has 1 heterocycles. The second kappa shape index (κ2) is 15.9. The van der Waals surface area contributed by atoms with Crippen LogP contribution in [0.5, 0.6) is 0 Å². The Morgan fingerprint density at radius 3 is 2.11 bits per heavy atom. The number of carbonyl (C=O) groups is 5. The summed E-state index contributed by atoms with van der Waals surface area (Å²) < 4.78 is 25.7. The number of sulfone groups is 1. The third-order valence-corrected chi connectivity index (χ3v) is 16.9. The summed E-state index contributed by atoms with van der Waals surface area (Å²) in [6.45, 7) is 9.65. The third kappa shape index (κ3) is 9.02. The molecule has 5 saturated carbocycles. The molecule has 0 aromatic rings. The molecule has 12 nitrogen and oxygen atoms in total. The van der Waals surface area contributed by atoms with Crippen molar-refractivity contribution in [2.24, 2.45) is 28.6 Å². The molecule has 4 atom stereocenters. The largest absolute Gasteiger partial charge is 0.346 e. The lowest BCUT2D eigenvalue weighted by Crippen LogP contribution is -2.59. The second-order valence-corrected chi connectivity index (χ2v) is 21.8. The highest BCUT2D eigenvalue weighted by Crippen LogP contribution is 2.66. The van der Waals surface area contributed by atoms with Crippen LogP contribution >= 0.6 is 0 Å². The summed E-state index contributed by atoms with van der Waals surface area (Å²) in [5.74, 6) is -1.43.